The van der Waals surface area contributed by atoms with E-state index in [1.54, 1.807) is 0 Å². The molecule has 0 bridgehead atoms. The second-order valence-electron chi connectivity index (χ2n) is 7.13. The van der Waals surface area contributed by atoms with E-state index in [-0.39, 0.29) is 11.8 Å². The molecule has 0 saturated heterocycles. The average Bonchev–Trinajstić information content (AvgIpc) is 3.13. The van der Waals surface area contributed by atoms with Gasteiger partial charge >= 0.3 is 0 Å². The fraction of sp³-hybridized carbons (Fsp3) is 0.167. The summed E-state index contributed by atoms with van der Waals surface area (Å²) >= 11 is 0. The summed E-state index contributed by atoms with van der Waals surface area (Å²) in [6.07, 6.45) is 4.21. The van der Waals surface area contributed by atoms with Crippen molar-refractivity contribution in [1.82, 2.24) is 9.38 Å². The Bertz CT molecular complexity index is 1120. The van der Waals surface area contributed by atoms with E-state index in [1.165, 1.54) is 11.1 Å². The van der Waals surface area contributed by atoms with Crippen LogP contribution >= 0.6 is 0 Å². The van der Waals surface area contributed by atoms with Gasteiger partial charge in [-0.15, -0.1) is 0 Å². The first-order valence-corrected chi connectivity index (χ1v) is 9.46. The van der Waals surface area contributed by atoms with Gasteiger partial charge in [0.25, 0.3) is 0 Å². The minimum absolute atomic E-state index is 0.0111. The number of imidazole rings is 1. The first-order valence-electron chi connectivity index (χ1n) is 9.46. The van der Waals surface area contributed by atoms with Crippen molar-refractivity contribution in [2.24, 2.45) is 0 Å². The summed E-state index contributed by atoms with van der Waals surface area (Å²) in [5.41, 5.74) is 6.21. The molecule has 28 heavy (non-hydrogen) atoms. The topological polar surface area (TPSA) is 46.4 Å². The second-order valence-corrected chi connectivity index (χ2v) is 7.13. The van der Waals surface area contributed by atoms with E-state index in [1.807, 2.05) is 67.0 Å². The molecule has 2 aromatic carbocycles. The Kier molecular flexibility index (Phi) is 4.94. The lowest BCUT2D eigenvalue weighted by atomic mass is 9.92. The minimum Gasteiger partial charge on any atom is -0.326 e. The van der Waals surface area contributed by atoms with E-state index in [2.05, 4.69) is 40.7 Å². The summed E-state index contributed by atoms with van der Waals surface area (Å²) in [7, 11) is 0. The lowest BCUT2D eigenvalue weighted by Gasteiger charge is -2.17. The molecule has 0 aliphatic rings. The van der Waals surface area contributed by atoms with Gasteiger partial charge in [-0.05, 0) is 54.8 Å². The summed E-state index contributed by atoms with van der Waals surface area (Å²) < 4.78 is 2.06. The summed E-state index contributed by atoms with van der Waals surface area (Å²) in [6, 6.07) is 22.1. The number of pyridine rings is 1. The number of amides is 1. The molecular formula is C24H23N3O. The van der Waals surface area contributed by atoms with Crippen LogP contribution in [0.15, 0.2) is 79.1 Å². The quantitative estimate of drug-likeness (QED) is 0.531. The van der Waals surface area contributed by atoms with Crippen LogP contribution in [0.5, 0.6) is 0 Å². The molecule has 2 heterocycles. The van der Waals surface area contributed by atoms with Gasteiger partial charge in [-0.1, -0.05) is 42.5 Å². The molecule has 0 radical (unpaired) electrons. The van der Waals surface area contributed by atoms with Crippen molar-refractivity contribution in [3.05, 3.63) is 102 Å². The number of carbonyl (C=O) groups excluding carboxylic acids is 1. The van der Waals surface area contributed by atoms with Crippen LogP contribution in [-0.4, -0.2) is 15.3 Å². The Labute approximate surface area is 164 Å². The summed E-state index contributed by atoms with van der Waals surface area (Å²) in [6.45, 7) is 4.12. The highest BCUT2D eigenvalue weighted by Gasteiger charge is 2.21. The van der Waals surface area contributed by atoms with Crippen molar-refractivity contribution in [2.75, 3.05) is 5.32 Å². The predicted molar refractivity (Wildman–Crippen MR) is 113 cm³/mol. The Morgan fingerprint density at radius 2 is 1.79 bits per heavy atom. The van der Waals surface area contributed by atoms with Crippen LogP contribution in [0, 0.1) is 13.8 Å². The maximum Gasteiger partial charge on any atom is 0.225 e. The van der Waals surface area contributed by atoms with Gasteiger partial charge in [-0.2, -0.15) is 0 Å². The number of nitrogens with zero attached hydrogens (tertiary/aromatic N) is 2. The molecule has 0 fully saturated rings. The smallest absolute Gasteiger partial charge is 0.225 e. The Morgan fingerprint density at radius 3 is 2.57 bits per heavy atom. The van der Waals surface area contributed by atoms with Gasteiger partial charge < -0.3 is 9.72 Å². The maximum atomic E-state index is 12.9. The van der Waals surface area contributed by atoms with Crippen LogP contribution in [-0.2, 0) is 4.79 Å². The highest BCUT2D eigenvalue weighted by Crippen LogP contribution is 2.29. The molecule has 4 aromatic rings. The van der Waals surface area contributed by atoms with Crippen LogP contribution < -0.4 is 5.32 Å². The molecule has 1 atom stereocenters. The molecular weight excluding hydrogens is 346 g/mol. The molecule has 1 N–H and O–H groups in total. The molecule has 4 rings (SSSR count). The van der Waals surface area contributed by atoms with E-state index in [9.17, 15) is 4.79 Å². The number of benzene rings is 2. The number of hydrogen-bond donors (Lipinski definition) is 1. The largest absolute Gasteiger partial charge is 0.326 e. The van der Waals surface area contributed by atoms with E-state index < -0.39 is 0 Å². The lowest BCUT2D eigenvalue weighted by Crippen LogP contribution is -2.17. The minimum atomic E-state index is -0.0786. The number of anilines is 1. The van der Waals surface area contributed by atoms with Crippen molar-refractivity contribution in [3.8, 4) is 0 Å². The Balaban J connectivity index is 1.64. The number of hydrogen-bond acceptors (Lipinski definition) is 2. The standard InChI is InChI=1S/C24H23N3O/c1-17-11-12-20(14-18(17)2)26-24(28)15-21(19-8-4-3-5-9-19)22-16-25-23-10-6-7-13-27(22)23/h3-14,16,21H,15H2,1-2H3,(H,26,28). The third-order valence-electron chi connectivity index (χ3n) is 5.18. The molecule has 0 aliphatic carbocycles. The zero-order chi connectivity index (χ0) is 19.5. The number of aromatic nitrogens is 2. The first-order chi connectivity index (χ1) is 13.6. The van der Waals surface area contributed by atoms with E-state index in [0.717, 1.165) is 22.6 Å². The second kappa shape index (κ2) is 7.69. The number of nitrogens with one attached hydrogen (secondary N) is 1. The average molecular weight is 369 g/mol. The normalized spacial score (nSPS) is 12.1. The van der Waals surface area contributed by atoms with E-state index >= 15 is 0 Å². The highest BCUT2D eigenvalue weighted by molar-refractivity contribution is 5.91. The van der Waals surface area contributed by atoms with Crippen LogP contribution in [0.4, 0.5) is 5.69 Å². The van der Waals surface area contributed by atoms with Crippen LogP contribution in [0.25, 0.3) is 5.65 Å². The van der Waals surface area contributed by atoms with Crippen molar-refractivity contribution < 1.29 is 4.79 Å². The van der Waals surface area contributed by atoms with Gasteiger partial charge in [0, 0.05) is 30.4 Å². The molecule has 4 nitrogen and oxygen atoms in total. The van der Waals surface area contributed by atoms with Crippen LogP contribution in [0.2, 0.25) is 0 Å². The molecule has 0 saturated carbocycles. The van der Waals surface area contributed by atoms with Gasteiger partial charge in [0.1, 0.15) is 5.65 Å². The van der Waals surface area contributed by atoms with Crippen molar-refractivity contribution in [2.45, 2.75) is 26.2 Å². The number of rotatable bonds is 5. The fourth-order valence-electron chi connectivity index (χ4n) is 3.51. The maximum absolute atomic E-state index is 12.9. The summed E-state index contributed by atoms with van der Waals surface area (Å²) in [4.78, 5) is 17.4. The van der Waals surface area contributed by atoms with Crippen LogP contribution in [0.1, 0.15) is 34.7 Å². The zero-order valence-electron chi connectivity index (χ0n) is 16.1. The fourth-order valence-corrected chi connectivity index (χ4v) is 3.51. The van der Waals surface area contributed by atoms with Gasteiger partial charge in [-0.3, -0.25) is 4.79 Å². The molecule has 1 unspecified atom stereocenters. The Morgan fingerprint density at radius 1 is 1.00 bits per heavy atom. The Hall–Kier alpha value is -3.40. The monoisotopic (exact) mass is 369 g/mol. The molecule has 140 valence electrons. The molecule has 4 heteroatoms. The molecule has 0 spiro atoms. The SMILES string of the molecule is Cc1ccc(NC(=O)CC(c2ccccc2)c2cnc3ccccn23)cc1C. The third-order valence-corrected chi connectivity index (χ3v) is 5.18. The van der Waals surface area contributed by atoms with Gasteiger partial charge in [0.15, 0.2) is 0 Å². The number of carbonyl (C=O) groups is 1. The summed E-state index contributed by atoms with van der Waals surface area (Å²) in [5.74, 6) is -0.0897. The molecule has 1 amide bonds. The third kappa shape index (κ3) is 3.67. The van der Waals surface area contributed by atoms with E-state index in [0.29, 0.717) is 6.42 Å². The van der Waals surface area contributed by atoms with Crippen molar-refractivity contribution in [1.29, 1.82) is 0 Å². The van der Waals surface area contributed by atoms with Crippen LogP contribution in [0.3, 0.4) is 0 Å². The van der Waals surface area contributed by atoms with Gasteiger partial charge in [0.05, 0.1) is 5.69 Å². The van der Waals surface area contributed by atoms with Gasteiger partial charge in [0.2, 0.25) is 5.91 Å². The number of aryl methyl sites for hydroxylation is 2. The van der Waals surface area contributed by atoms with Crippen molar-refractivity contribution >= 4 is 17.2 Å². The highest BCUT2D eigenvalue weighted by atomic mass is 16.1. The summed E-state index contributed by atoms with van der Waals surface area (Å²) in [5, 5.41) is 3.05. The van der Waals surface area contributed by atoms with Gasteiger partial charge in [-0.25, -0.2) is 4.98 Å². The zero-order valence-corrected chi connectivity index (χ0v) is 16.1. The number of fused-ring (bicyclic) bond motifs is 1. The predicted octanol–water partition coefficient (Wildman–Crippen LogP) is 5.11. The van der Waals surface area contributed by atoms with Crippen molar-refractivity contribution in [3.63, 3.8) is 0 Å². The molecule has 0 aliphatic heterocycles. The first kappa shape index (κ1) is 18.0. The molecule has 2 aromatic heterocycles. The van der Waals surface area contributed by atoms with E-state index in [4.69, 9.17) is 0 Å². The lowest BCUT2D eigenvalue weighted by molar-refractivity contribution is -0.116.